The molecule has 0 amide bonds. The number of ether oxygens (including phenoxy) is 2. The number of carbonyl (C=O) groups excluding carboxylic acids is 1. The molecule has 1 aromatic carbocycles. The van der Waals surface area contributed by atoms with Crippen molar-refractivity contribution in [3.63, 3.8) is 0 Å². The third-order valence-electron chi connectivity index (χ3n) is 4.95. The van der Waals surface area contributed by atoms with Gasteiger partial charge in [-0.25, -0.2) is 0 Å². The maximum atomic E-state index is 11.6. The zero-order valence-corrected chi connectivity index (χ0v) is 16.8. The molecule has 1 aliphatic heterocycles. The van der Waals surface area contributed by atoms with Gasteiger partial charge in [0.2, 0.25) is 0 Å². The summed E-state index contributed by atoms with van der Waals surface area (Å²) in [6.07, 6.45) is -0.585. The molecule has 2 rings (SSSR count). The second-order valence-electron chi connectivity index (χ2n) is 8.41. The molecule has 0 aliphatic carbocycles. The summed E-state index contributed by atoms with van der Waals surface area (Å²) >= 11 is 0. The number of carbonyl (C=O) groups is 1. The molecule has 4 nitrogen and oxygen atoms in total. The molecule has 0 saturated carbocycles. The molecule has 0 unspecified atom stereocenters. The number of hydrogen-bond donors (Lipinski definition) is 0. The maximum absolute atomic E-state index is 11.6. The lowest BCUT2D eigenvalue weighted by atomic mass is 10.0. The molecule has 0 spiro atoms. The zero-order chi connectivity index (χ0) is 18.2. The van der Waals surface area contributed by atoms with Gasteiger partial charge in [-0.1, -0.05) is 51.1 Å². The first-order valence-corrected chi connectivity index (χ1v) is 11.4. The van der Waals surface area contributed by atoms with Gasteiger partial charge in [-0.15, -0.1) is 0 Å². The Morgan fingerprint density at radius 1 is 1.17 bits per heavy atom. The van der Waals surface area contributed by atoms with E-state index >= 15 is 0 Å². The van der Waals surface area contributed by atoms with E-state index in [1.165, 1.54) is 0 Å². The quantitative estimate of drug-likeness (QED) is 0.580. The van der Waals surface area contributed by atoms with E-state index in [0.29, 0.717) is 0 Å². The lowest BCUT2D eigenvalue weighted by Crippen LogP contribution is -2.45. The van der Waals surface area contributed by atoms with Gasteiger partial charge in [0.25, 0.3) is 0 Å². The largest absolute Gasteiger partial charge is 0.407 e. The summed E-state index contributed by atoms with van der Waals surface area (Å²) in [4.78, 5) is 11.6. The molecule has 134 valence electrons. The van der Waals surface area contributed by atoms with Crippen LogP contribution >= 0.6 is 0 Å². The predicted molar refractivity (Wildman–Crippen MR) is 97.4 cm³/mol. The van der Waals surface area contributed by atoms with Crippen LogP contribution in [0.15, 0.2) is 30.3 Å². The van der Waals surface area contributed by atoms with E-state index < -0.39 is 26.3 Å². The minimum Gasteiger partial charge on any atom is -0.407 e. The van der Waals surface area contributed by atoms with E-state index in [4.69, 9.17) is 13.9 Å². The first-order valence-electron chi connectivity index (χ1n) is 8.50. The van der Waals surface area contributed by atoms with Crippen LogP contribution in [0.3, 0.4) is 0 Å². The van der Waals surface area contributed by atoms with Crippen LogP contribution in [-0.4, -0.2) is 32.6 Å². The summed E-state index contributed by atoms with van der Waals surface area (Å²) in [5.74, 6) is -0.792. The molecular weight excluding hydrogens is 320 g/mol. The molecule has 1 aliphatic rings. The first-order chi connectivity index (χ1) is 11.0. The van der Waals surface area contributed by atoms with E-state index in [0.717, 1.165) is 11.8 Å². The maximum Gasteiger partial charge on any atom is 0.193 e. The van der Waals surface area contributed by atoms with Gasteiger partial charge in [0.1, 0.15) is 12.2 Å². The Balaban J connectivity index is 2.39. The van der Waals surface area contributed by atoms with Crippen molar-refractivity contribution in [1.82, 2.24) is 0 Å². The van der Waals surface area contributed by atoms with Crippen LogP contribution < -0.4 is 0 Å². The average molecular weight is 351 g/mol. The minimum atomic E-state index is -2.06. The molecule has 0 aromatic heterocycles. The van der Waals surface area contributed by atoms with Crippen LogP contribution in [0, 0.1) is 0 Å². The van der Waals surface area contributed by atoms with Gasteiger partial charge >= 0.3 is 0 Å². The van der Waals surface area contributed by atoms with Crippen molar-refractivity contribution in [2.24, 2.45) is 0 Å². The van der Waals surface area contributed by atoms with Gasteiger partial charge in [-0.2, -0.15) is 0 Å². The highest BCUT2D eigenvalue weighted by molar-refractivity contribution is 6.74. The molecule has 1 heterocycles. The normalized spacial score (nSPS) is 25.5. The van der Waals surface area contributed by atoms with Crippen molar-refractivity contribution in [2.75, 3.05) is 0 Å². The van der Waals surface area contributed by atoms with E-state index in [9.17, 15) is 4.79 Å². The topological polar surface area (TPSA) is 44.8 Å². The van der Waals surface area contributed by atoms with E-state index in [1.807, 2.05) is 44.2 Å². The molecule has 0 radical (unpaired) electrons. The number of benzene rings is 1. The highest BCUT2D eigenvalue weighted by Gasteiger charge is 2.49. The van der Waals surface area contributed by atoms with Crippen molar-refractivity contribution in [2.45, 2.75) is 76.8 Å². The molecular formula is C19H30O4Si. The summed E-state index contributed by atoms with van der Waals surface area (Å²) in [7, 11) is -2.06. The molecule has 3 atom stereocenters. The van der Waals surface area contributed by atoms with Crippen LogP contribution in [0.2, 0.25) is 18.1 Å². The Morgan fingerprint density at radius 3 is 2.25 bits per heavy atom. The van der Waals surface area contributed by atoms with Crippen molar-refractivity contribution < 1.29 is 18.7 Å². The van der Waals surface area contributed by atoms with Gasteiger partial charge in [0, 0.05) is 0 Å². The summed E-state index contributed by atoms with van der Waals surface area (Å²) in [6.45, 7) is 14.7. The van der Waals surface area contributed by atoms with Crippen LogP contribution in [0.4, 0.5) is 0 Å². The number of aldehydes is 1. The fraction of sp³-hybridized carbons (Fsp3) is 0.632. The second kappa shape index (κ2) is 6.71. The summed E-state index contributed by atoms with van der Waals surface area (Å²) < 4.78 is 18.5. The molecule has 0 N–H and O–H groups in total. The van der Waals surface area contributed by atoms with Crippen LogP contribution in [0.5, 0.6) is 0 Å². The van der Waals surface area contributed by atoms with Crippen LogP contribution in [0.1, 0.15) is 46.3 Å². The van der Waals surface area contributed by atoms with Crippen LogP contribution in [-0.2, 0) is 18.7 Å². The number of hydrogen-bond acceptors (Lipinski definition) is 4. The molecule has 5 heteroatoms. The predicted octanol–water partition coefficient (Wildman–Crippen LogP) is 4.47. The van der Waals surface area contributed by atoms with Crippen LogP contribution in [0.25, 0.3) is 0 Å². The zero-order valence-electron chi connectivity index (χ0n) is 15.8. The lowest BCUT2D eigenvalue weighted by Gasteiger charge is -2.41. The Hall–Kier alpha value is -1.01. The fourth-order valence-corrected chi connectivity index (χ4v) is 3.88. The van der Waals surface area contributed by atoms with Gasteiger partial charge in [-0.05, 0) is 37.5 Å². The Morgan fingerprint density at radius 2 is 1.75 bits per heavy atom. The molecule has 1 aromatic rings. The summed E-state index contributed by atoms with van der Waals surface area (Å²) in [5.41, 5.74) is 1.01. The van der Waals surface area contributed by atoms with E-state index in [1.54, 1.807) is 0 Å². The van der Waals surface area contributed by atoms with Gasteiger partial charge < -0.3 is 18.7 Å². The van der Waals surface area contributed by atoms with Crippen molar-refractivity contribution in [3.05, 3.63) is 35.9 Å². The number of rotatable bonds is 5. The highest BCUT2D eigenvalue weighted by Crippen LogP contribution is 2.43. The standard InChI is InChI=1S/C19H30O4Si/c1-18(2,3)24(6,7)23-16(14-11-9-8-10-12-14)17-15(13-20)21-19(4,5)22-17/h8-13,15-17H,1-7H3/t15-,16-,17+/m1/s1. The Labute approximate surface area is 146 Å². The van der Waals surface area contributed by atoms with E-state index in [2.05, 4.69) is 33.9 Å². The third-order valence-corrected chi connectivity index (χ3v) is 9.41. The van der Waals surface area contributed by atoms with Gasteiger partial charge in [0.15, 0.2) is 20.4 Å². The van der Waals surface area contributed by atoms with Gasteiger partial charge in [-0.3, -0.25) is 0 Å². The molecule has 0 bridgehead atoms. The monoisotopic (exact) mass is 350 g/mol. The minimum absolute atomic E-state index is 0.0612. The fourth-order valence-electron chi connectivity index (χ4n) is 2.62. The van der Waals surface area contributed by atoms with Gasteiger partial charge in [0.05, 0.1) is 6.10 Å². The van der Waals surface area contributed by atoms with Crippen molar-refractivity contribution in [3.8, 4) is 0 Å². The SMILES string of the molecule is CC1(C)O[C@H]([C@H](O[Si](C)(C)C(C)(C)C)c2ccccc2)[C@@H](C=O)O1. The van der Waals surface area contributed by atoms with E-state index in [-0.39, 0.29) is 11.1 Å². The Kier molecular flexibility index (Phi) is 5.40. The Bertz CT molecular complexity index is 562. The smallest absolute Gasteiger partial charge is 0.193 e. The molecule has 24 heavy (non-hydrogen) atoms. The third kappa shape index (κ3) is 4.14. The first kappa shape index (κ1) is 19.3. The summed E-state index contributed by atoms with van der Waals surface area (Å²) in [6, 6.07) is 9.98. The highest BCUT2D eigenvalue weighted by atomic mass is 28.4. The van der Waals surface area contributed by atoms with Crippen molar-refractivity contribution >= 4 is 14.6 Å². The molecule has 1 saturated heterocycles. The van der Waals surface area contributed by atoms with Crippen molar-refractivity contribution in [1.29, 1.82) is 0 Å². The lowest BCUT2D eigenvalue weighted by molar-refractivity contribution is -0.156. The summed E-state index contributed by atoms with van der Waals surface area (Å²) in [5, 5.41) is 0.0612. The molecule has 1 fully saturated rings. The average Bonchev–Trinajstić information content (AvgIpc) is 2.79. The second-order valence-corrected chi connectivity index (χ2v) is 13.2.